The molecule has 2 aromatic carbocycles. The lowest BCUT2D eigenvalue weighted by Gasteiger charge is -2.09. The Labute approximate surface area is 151 Å². The highest BCUT2D eigenvalue weighted by atomic mass is 15.2. The molecule has 5 nitrogen and oxygen atoms in total. The molecule has 4 aromatic rings. The molecule has 2 aromatic heterocycles. The molecule has 0 spiro atoms. The summed E-state index contributed by atoms with van der Waals surface area (Å²) >= 11 is 0. The van der Waals surface area contributed by atoms with Gasteiger partial charge in [0.15, 0.2) is 17.0 Å². The molecule has 128 valence electrons. The zero-order chi connectivity index (χ0) is 17.9. The van der Waals surface area contributed by atoms with Crippen LogP contribution in [-0.4, -0.2) is 14.6 Å². The smallest absolute Gasteiger partial charge is 0.196 e. The molecule has 0 saturated carbocycles. The minimum atomic E-state index is 0.609. The zero-order valence-corrected chi connectivity index (χ0v) is 14.7. The monoisotopic (exact) mass is 341 g/mol. The van der Waals surface area contributed by atoms with Crippen LogP contribution in [0.15, 0.2) is 77.9 Å². The fraction of sp³-hybridized carbons (Fsp3) is 0.0952. The fourth-order valence-corrected chi connectivity index (χ4v) is 2.66. The zero-order valence-electron chi connectivity index (χ0n) is 14.7. The van der Waals surface area contributed by atoms with Crippen molar-refractivity contribution in [3.05, 3.63) is 89.5 Å². The van der Waals surface area contributed by atoms with E-state index in [-0.39, 0.29) is 0 Å². The molecule has 0 amide bonds. The highest BCUT2D eigenvalue weighted by Crippen LogP contribution is 2.15. The first-order valence-corrected chi connectivity index (χ1v) is 8.48. The first-order chi connectivity index (χ1) is 12.7. The van der Waals surface area contributed by atoms with E-state index in [1.807, 2.05) is 65.2 Å². The molecule has 2 heterocycles. The highest BCUT2D eigenvalue weighted by molar-refractivity contribution is 5.56. The number of nitrogens with one attached hydrogen (secondary N) is 1. The molecule has 0 aliphatic carbocycles. The van der Waals surface area contributed by atoms with Gasteiger partial charge in [-0.05, 0) is 50.2 Å². The van der Waals surface area contributed by atoms with Gasteiger partial charge in [-0.15, -0.1) is 10.2 Å². The van der Waals surface area contributed by atoms with Gasteiger partial charge in [0.25, 0.3) is 0 Å². The van der Waals surface area contributed by atoms with Crippen LogP contribution in [0.2, 0.25) is 0 Å². The van der Waals surface area contributed by atoms with Crippen molar-refractivity contribution in [1.82, 2.24) is 14.6 Å². The number of pyridine rings is 1. The Morgan fingerprint density at radius 1 is 0.808 bits per heavy atom. The van der Waals surface area contributed by atoms with Crippen LogP contribution in [0.25, 0.3) is 5.65 Å². The van der Waals surface area contributed by atoms with Crippen molar-refractivity contribution in [2.75, 3.05) is 5.32 Å². The van der Waals surface area contributed by atoms with Crippen molar-refractivity contribution >= 4 is 22.8 Å². The Bertz CT molecular complexity index is 1110. The van der Waals surface area contributed by atoms with Crippen LogP contribution in [0.5, 0.6) is 0 Å². The van der Waals surface area contributed by atoms with E-state index in [1.165, 1.54) is 11.1 Å². The summed E-state index contributed by atoms with van der Waals surface area (Å²) in [5, 5.41) is 12.0. The number of aryl methyl sites for hydroxylation is 2. The predicted molar refractivity (Wildman–Crippen MR) is 104 cm³/mol. The lowest BCUT2D eigenvalue weighted by atomic mass is 10.2. The Balaban J connectivity index is 1.89. The van der Waals surface area contributed by atoms with Gasteiger partial charge in [-0.2, -0.15) is 0 Å². The summed E-state index contributed by atoms with van der Waals surface area (Å²) in [6.07, 6.45) is 1.94. The molecule has 5 heteroatoms. The van der Waals surface area contributed by atoms with E-state index in [1.54, 1.807) is 0 Å². The minimum absolute atomic E-state index is 0.609. The van der Waals surface area contributed by atoms with E-state index in [9.17, 15) is 0 Å². The molecular weight excluding hydrogens is 322 g/mol. The summed E-state index contributed by atoms with van der Waals surface area (Å²) in [4.78, 5) is 4.82. The number of benzene rings is 2. The molecule has 0 aliphatic heterocycles. The van der Waals surface area contributed by atoms with Crippen molar-refractivity contribution in [1.29, 1.82) is 0 Å². The number of hydrogen-bond donors (Lipinski definition) is 1. The molecule has 26 heavy (non-hydrogen) atoms. The van der Waals surface area contributed by atoms with Crippen LogP contribution in [0.4, 0.5) is 17.2 Å². The SMILES string of the molecule is Cc1ccc(N=c2c(Nc3ccc(C)cc3)nnc3ccccn23)cc1. The second-order valence-electron chi connectivity index (χ2n) is 6.24. The predicted octanol–water partition coefficient (Wildman–Crippen LogP) is 4.32. The molecule has 0 saturated heterocycles. The normalized spacial score (nSPS) is 11.7. The molecule has 0 aliphatic rings. The van der Waals surface area contributed by atoms with Crippen LogP contribution in [0.1, 0.15) is 11.1 Å². The Morgan fingerprint density at radius 2 is 1.50 bits per heavy atom. The van der Waals surface area contributed by atoms with Gasteiger partial charge in [-0.3, -0.25) is 4.40 Å². The first-order valence-electron chi connectivity index (χ1n) is 8.48. The van der Waals surface area contributed by atoms with Crippen molar-refractivity contribution in [2.24, 2.45) is 4.99 Å². The lowest BCUT2D eigenvalue weighted by Crippen LogP contribution is -2.21. The van der Waals surface area contributed by atoms with E-state index < -0.39 is 0 Å². The quantitative estimate of drug-likeness (QED) is 0.604. The van der Waals surface area contributed by atoms with E-state index in [0.717, 1.165) is 17.0 Å². The Morgan fingerprint density at radius 3 is 2.23 bits per heavy atom. The topological polar surface area (TPSA) is 54.6 Å². The average molecular weight is 341 g/mol. The maximum absolute atomic E-state index is 4.82. The summed E-state index contributed by atoms with van der Waals surface area (Å²) < 4.78 is 1.93. The Hall–Kier alpha value is -3.47. The van der Waals surface area contributed by atoms with Gasteiger partial charge in [0.05, 0.1) is 5.69 Å². The van der Waals surface area contributed by atoms with Gasteiger partial charge in [0.2, 0.25) is 0 Å². The minimum Gasteiger partial charge on any atom is -0.336 e. The first kappa shape index (κ1) is 16.0. The molecular formula is C21H19N5. The van der Waals surface area contributed by atoms with E-state index >= 15 is 0 Å². The highest BCUT2D eigenvalue weighted by Gasteiger charge is 2.06. The third kappa shape index (κ3) is 3.32. The van der Waals surface area contributed by atoms with Crippen LogP contribution < -0.4 is 10.8 Å². The van der Waals surface area contributed by atoms with Crippen LogP contribution >= 0.6 is 0 Å². The van der Waals surface area contributed by atoms with Gasteiger partial charge in [-0.25, -0.2) is 4.99 Å². The molecule has 0 atom stereocenters. The summed E-state index contributed by atoms with van der Waals surface area (Å²) in [5.74, 6) is 0.609. The average Bonchev–Trinajstić information content (AvgIpc) is 2.67. The Kier molecular flexibility index (Phi) is 4.19. The van der Waals surface area contributed by atoms with Crippen molar-refractivity contribution in [2.45, 2.75) is 13.8 Å². The van der Waals surface area contributed by atoms with Gasteiger partial charge >= 0.3 is 0 Å². The molecule has 4 rings (SSSR count). The van der Waals surface area contributed by atoms with E-state index in [0.29, 0.717) is 11.3 Å². The number of hydrogen-bond acceptors (Lipinski definition) is 4. The van der Waals surface area contributed by atoms with Gasteiger partial charge in [0, 0.05) is 11.9 Å². The van der Waals surface area contributed by atoms with Crippen LogP contribution in [-0.2, 0) is 0 Å². The fourth-order valence-electron chi connectivity index (χ4n) is 2.66. The number of rotatable bonds is 3. The second kappa shape index (κ2) is 6.80. The number of anilines is 2. The summed E-state index contributed by atoms with van der Waals surface area (Å²) in [7, 11) is 0. The largest absolute Gasteiger partial charge is 0.336 e. The van der Waals surface area contributed by atoms with Gasteiger partial charge < -0.3 is 5.32 Å². The van der Waals surface area contributed by atoms with Gasteiger partial charge in [-0.1, -0.05) is 41.5 Å². The van der Waals surface area contributed by atoms with Crippen molar-refractivity contribution in [3.8, 4) is 0 Å². The second-order valence-corrected chi connectivity index (χ2v) is 6.24. The van der Waals surface area contributed by atoms with Crippen LogP contribution in [0, 0.1) is 13.8 Å². The van der Waals surface area contributed by atoms with Gasteiger partial charge in [0.1, 0.15) is 0 Å². The maximum atomic E-state index is 4.82. The molecule has 0 unspecified atom stereocenters. The lowest BCUT2D eigenvalue weighted by molar-refractivity contribution is 0.917. The van der Waals surface area contributed by atoms with Crippen molar-refractivity contribution < 1.29 is 0 Å². The molecule has 1 N–H and O–H groups in total. The standard InChI is InChI=1S/C21H19N5/c1-15-6-10-17(11-7-15)22-20-21(23-18-12-8-16(2)9-13-18)26-14-4-3-5-19(26)24-25-20/h3-14H,1-2H3,(H,22,25). The van der Waals surface area contributed by atoms with Crippen LogP contribution in [0.3, 0.4) is 0 Å². The number of nitrogens with zero attached hydrogens (tertiary/aromatic N) is 4. The maximum Gasteiger partial charge on any atom is 0.196 e. The van der Waals surface area contributed by atoms with E-state index in [4.69, 9.17) is 4.99 Å². The summed E-state index contributed by atoms with van der Waals surface area (Å²) in [6.45, 7) is 4.12. The third-order valence-corrected chi connectivity index (χ3v) is 4.11. The number of aromatic nitrogens is 3. The molecule has 0 radical (unpaired) electrons. The third-order valence-electron chi connectivity index (χ3n) is 4.11. The van der Waals surface area contributed by atoms with Crippen molar-refractivity contribution in [3.63, 3.8) is 0 Å². The molecule has 0 bridgehead atoms. The number of fused-ring (bicyclic) bond motifs is 1. The van der Waals surface area contributed by atoms with E-state index in [2.05, 4.69) is 41.5 Å². The summed E-state index contributed by atoms with van der Waals surface area (Å²) in [5.41, 5.74) is 5.67. The molecule has 0 fully saturated rings. The summed E-state index contributed by atoms with van der Waals surface area (Å²) in [6, 6.07) is 22.1.